The molecule has 0 saturated heterocycles. The first-order chi connectivity index (χ1) is 14.6. The average Bonchev–Trinajstić information content (AvgIpc) is 2.78. The van der Waals surface area contributed by atoms with Gasteiger partial charge in [0, 0.05) is 27.4 Å². The molecule has 2 rings (SSSR count). The molecular weight excluding hydrogens is 392 g/mol. The van der Waals surface area contributed by atoms with Crippen molar-refractivity contribution >= 4 is 8.80 Å². The van der Waals surface area contributed by atoms with Gasteiger partial charge in [0.15, 0.2) is 0 Å². The number of aromatic hydroxyl groups is 1. The molecule has 0 radical (unpaired) electrons. The lowest BCUT2D eigenvalue weighted by Crippen LogP contribution is -2.42. The maximum absolute atomic E-state index is 10.0. The highest BCUT2D eigenvalue weighted by molar-refractivity contribution is 6.60. The standard InChI is InChI=1S/C25H38O4Si/c1-5-6-7-8-9-11-21-13-15-22(16-14-21)25-18-17-24(26)20-23(25)12-10-19-30(27-2,28-3)29-4/h13-18,20,26H,5-12,19H2,1-4H3. The largest absolute Gasteiger partial charge is 0.508 e. The van der Waals surface area contributed by atoms with Crippen LogP contribution in [-0.2, 0) is 26.1 Å². The summed E-state index contributed by atoms with van der Waals surface area (Å²) in [5.74, 6) is 0.297. The Bertz CT molecular complexity index is 733. The molecule has 5 heteroatoms. The minimum absolute atomic E-state index is 0.297. The fourth-order valence-corrected chi connectivity index (χ4v) is 5.63. The third-order valence-corrected chi connectivity index (χ3v) is 8.62. The summed E-state index contributed by atoms with van der Waals surface area (Å²) in [4.78, 5) is 0. The van der Waals surface area contributed by atoms with Gasteiger partial charge in [0.2, 0.25) is 0 Å². The van der Waals surface area contributed by atoms with Crippen molar-refractivity contribution in [1.82, 2.24) is 0 Å². The molecule has 0 bridgehead atoms. The van der Waals surface area contributed by atoms with E-state index in [2.05, 4.69) is 31.2 Å². The molecule has 0 amide bonds. The van der Waals surface area contributed by atoms with Gasteiger partial charge in [-0.25, -0.2) is 0 Å². The van der Waals surface area contributed by atoms with E-state index in [0.717, 1.165) is 30.9 Å². The van der Waals surface area contributed by atoms with Gasteiger partial charge >= 0.3 is 8.80 Å². The number of aryl methyl sites for hydroxylation is 2. The van der Waals surface area contributed by atoms with Gasteiger partial charge in [-0.05, 0) is 60.1 Å². The van der Waals surface area contributed by atoms with Crippen LogP contribution in [0.15, 0.2) is 42.5 Å². The van der Waals surface area contributed by atoms with E-state index in [4.69, 9.17) is 13.3 Å². The zero-order valence-electron chi connectivity index (χ0n) is 19.1. The number of phenols is 1. The highest BCUT2D eigenvalue weighted by Gasteiger charge is 2.36. The molecular formula is C25H38O4Si. The first-order valence-corrected chi connectivity index (χ1v) is 13.1. The van der Waals surface area contributed by atoms with Crippen molar-refractivity contribution in [3.05, 3.63) is 53.6 Å². The van der Waals surface area contributed by atoms with E-state index >= 15 is 0 Å². The Hall–Kier alpha value is -1.66. The molecule has 0 fully saturated rings. The summed E-state index contributed by atoms with van der Waals surface area (Å²) in [6, 6.07) is 15.3. The molecule has 0 aromatic heterocycles. The second-order valence-corrected chi connectivity index (χ2v) is 10.9. The normalized spacial score (nSPS) is 11.7. The molecule has 0 heterocycles. The second-order valence-electron chi connectivity index (χ2n) is 7.85. The Morgan fingerprint density at radius 1 is 0.767 bits per heavy atom. The van der Waals surface area contributed by atoms with Crippen molar-refractivity contribution in [1.29, 1.82) is 0 Å². The van der Waals surface area contributed by atoms with Crippen LogP contribution in [0.2, 0.25) is 6.04 Å². The van der Waals surface area contributed by atoms with Crippen LogP contribution in [0.4, 0.5) is 0 Å². The lowest BCUT2D eigenvalue weighted by molar-refractivity contribution is 0.123. The summed E-state index contributed by atoms with van der Waals surface area (Å²) < 4.78 is 16.6. The van der Waals surface area contributed by atoms with Crippen LogP contribution in [0.5, 0.6) is 5.75 Å². The highest BCUT2D eigenvalue weighted by Crippen LogP contribution is 2.30. The molecule has 0 aliphatic rings. The molecule has 0 aliphatic heterocycles. The third kappa shape index (κ3) is 7.24. The lowest BCUT2D eigenvalue weighted by atomic mass is 9.95. The van der Waals surface area contributed by atoms with Crippen LogP contribution in [-0.4, -0.2) is 35.2 Å². The van der Waals surface area contributed by atoms with Crippen LogP contribution < -0.4 is 0 Å². The molecule has 166 valence electrons. The summed E-state index contributed by atoms with van der Waals surface area (Å²) in [6.07, 6.45) is 9.37. The monoisotopic (exact) mass is 430 g/mol. The Labute approximate surface area is 183 Å². The van der Waals surface area contributed by atoms with E-state index in [1.165, 1.54) is 48.8 Å². The van der Waals surface area contributed by atoms with Gasteiger partial charge in [-0.1, -0.05) is 62.9 Å². The zero-order chi connectivity index (χ0) is 21.8. The fraction of sp³-hybridized carbons (Fsp3) is 0.520. The van der Waals surface area contributed by atoms with Crippen LogP contribution in [0.3, 0.4) is 0 Å². The Balaban J connectivity index is 2.03. The van der Waals surface area contributed by atoms with Crippen molar-refractivity contribution in [2.75, 3.05) is 21.3 Å². The summed E-state index contributed by atoms with van der Waals surface area (Å²) in [5, 5.41) is 10.0. The smallest absolute Gasteiger partial charge is 0.500 e. The molecule has 0 spiro atoms. The van der Waals surface area contributed by atoms with Crippen molar-refractivity contribution < 1.29 is 18.4 Å². The van der Waals surface area contributed by atoms with Gasteiger partial charge < -0.3 is 18.4 Å². The summed E-state index contributed by atoms with van der Waals surface area (Å²) in [5.41, 5.74) is 4.88. The molecule has 2 aromatic carbocycles. The van der Waals surface area contributed by atoms with Crippen LogP contribution in [0.25, 0.3) is 11.1 Å². The molecule has 0 saturated carbocycles. The fourth-order valence-electron chi connectivity index (χ4n) is 3.90. The summed E-state index contributed by atoms with van der Waals surface area (Å²) in [7, 11) is 2.36. The first-order valence-electron chi connectivity index (χ1n) is 11.1. The van der Waals surface area contributed by atoms with E-state index in [1.807, 2.05) is 12.1 Å². The maximum atomic E-state index is 10.0. The maximum Gasteiger partial charge on any atom is 0.500 e. The zero-order valence-corrected chi connectivity index (χ0v) is 20.1. The number of unbranched alkanes of at least 4 members (excludes halogenated alkanes) is 4. The predicted molar refractivity (Wildman–Crippen MR) is 126 cm³/mol. The molecule has 0 aliphatic carbocycles. The molecule has 30 heavy (non-hydrogen) atoms. The lowest BCUT2D eigenvalue weighted by Gasteiger charge is -2.24. The van der Waals surface area contributed by atoms with E-state index in [-0.39, 0.29) is 0 Å². The first kappa shape index (κ1) is 24.6. The van der Waals surface area contributed by atoms with Crippen molar-refractivity contribution in [2.24, 2.45) is 0 Å². The Kier molecular flexibility index (Phi) is 10.6. The molecule has 1 N–H and O–H groups in total. The Morgan fingerprint density at radius 3 is 2.07 bits per heavy atom. The molecule has 2 aromatic rings. The van der Waals surface area contributed by atoms with E-state index in [1.54, 1.807) is 27.4 Å². The van der Waals surface area contributed by atoms with Gasteiger partial charge in [0.25, 0.3) is 0 Å². The minimum atomic E-state index is -2.57. The summed E-state index contributed by atoms with van der Waals surface area (Å²) in [6.45, 7) is 2.25. The van der Waals surface area contributed by atoms with Crippen molar-refractivity contribution in [2.45, 2.75) is 64.3 Å². The average molecular weight is 431 g/mol. The third-order valence-electron chi connectivity index (χ3n) is 5.78. The number of rotatable bonds is 14. The van der Waals surface area contributed by atoms with E-state index in [9.17, 15) is 5.11 Å². The Morgan fingerprint density at radius 2 is 1.43 bits per heavy atom. The van der Waals surface area contributed by atoms with Crippen LogP contribution >= 0.6 is 0 Å². The van der Waals surface area contributed by atoms with Gasteiger partial charge in [-0.3, -0.25) is 0 Å². The van der Waals surface area contributed by atoms with E-state index < -0.39 is 8.80 Å². The van der Waals surface area contributed by atoms with Gasteiger partial charge in [-0.15, -0.1) is 0 Å². The molecule has 4 nitrogen and oxygen atoms in total. The minimum Gasteiger partial charge on any atom is -0.508 e. The van der Waals surface area contributed by atoms with Gasteiger partial charge in [0.1, 0.15) is 5.75 Å². The summed E-state index contributed by atoms with van der Waals surface area (Å²) >= 11 is 0. The SMILES string of the molecule is CCCCCCCc1ccc(-c2ccc(O)cc2CCC[Si](OC)(OC)OC)cc1. The quantitative estimate of drug-likeness (QED) is 0.279. The number of benzene rings is 2. The van der Waals surface area contributed by atoms with Crippen molar-refractivity contribution in [3.63, 3.8) is 0 Å². The molecule has 0 unspecified atom stereocenters. The van der Waals surface area contributed by atoms with Crippen LogP contribution in [0, 0.1) is 0 Å². The number of hydrogen-bond donors (Lipinski definition) is 1. The topological polar surface area (TPSA) is 47.9 Å². The van der Waals surface area contributed by atoms with Crippen molar-refractivity contribution in [3.8, 4) is 16.9 Å². The van der Waals surface area contributed by atoms with Crippen LogP contribution in [0.1, 0.15) is 56.6 Å². The molecule has 0 atom stereocenters. The highest BCUT2D eigenvalue weighted by atomic mass is 28.4. The van der Waals surface area contributed by atoms with Gasteiger partial charge in [-0.2, -0.15) is 0 Å². The number of phenolic OH excluding ortho intramolecular Hbond substituents is 1. The second kappa shape index (κ2) is 12.9. The van der Waals surface area contributed by atoms with Gasteiger partial charge in [0.05, 0.1) is 0 Å². The predicted octanol–water partition coefficient (Wildman–Crippen LogP) is 6.38. The number of hydrogen-bond acceptors (Lipinski definition) is 4. The van der Waals surface area contributed by atoms with E-state index in [0.29, 0.717) is 5.75 Å².